The molecular weight excluding hydrogens is 236 g/mol. The molecule has 0 radical (unpaired) electrons. The number of carbonyl (C=O) groups is 2. The summed E-state index contributed by atoms with van der Waals surface area (Å²) in [5.74, 6) is -0.861. The van der Waals surface area contributed by atoms with Gasteiger partial charge in [-0.15, -0.1) is 0 Å². The number of amides is 2. The molecule has 0 aromatic heterocycles. The smallest absolute Gasteiger partial charge is 0.320 e. The van der Waals surface area contributed by atoms with Crippen LogP contribution in [0.1, 0.15) is 32.1 Å². The van der Waals surface area contributed by atoms with Crippen LogP contribution in [0.5, 0.6) is 0 Å². The summed E-state index contributed by atoms with van der Waals surface area (Å²) in [5.41, 5.74) is 0. The first-order valence-electron chi connectivity index (χ1n) is 6.53. The maximum Gasteiger partial charge on any atom is 0.320 e. The van der Waals surface area contributed by atoms with E-state index >= 15 is 0 Å². The number of hydrogen-bond acceptors (Lipinski definition) is 3. The number of carboxylic acid groups (broad SMARTS) is 1. The molecule has 18 heavy (non-hydrogen) atoms. The van der Waals surface area contributed by atoms with E-state index < -0.39 is 5.97 Å². The lowest BCUT2D eigenvalue weighted by molar-refractivity contribution is -0.138. The van der Waals surface area contributed by atoms with E-state index in [0.717, 1.165) is 25.7 Å². The van der Waals surface area contributed by atoms with Crippen molar-refractivity contribution in [2.45, 2.75) is 44.2 Å². The average Bonchev–Trinajstić information content (AvgIpc) is 3.05. The molecular formula is C12H20N2O4. The van der Waals surface area contributed by atoms with Gasteiger partial charge in [-0.25, -0.2) is 4.79 Å². The van der Waals surface area contributed by atoms with Crippen LogP contribution in [0.25, 0.3) is 0 Å². The Morgan fingerprint density at radius 2 is 2.00 bits per heavy atom. The summed E-state index contributed by atoms with van der Waals surface area (Å²) in [4.78, 5) is 26.5. The second-order valence-electron chi connectivity index (χ2n) is 5.02. The molecule has 1 aliphatic heterocycles. The molecule has 1 atom stereocenters. The Labute approximate surface area is 106 Å². The summed E-state index contributed by atoms with van der Waals surface area (Å²) < 4.78 is 0. The number of aliphatic hydroxyl groups is 1. The Morgan fingerprint density at radius 1 is 1.28 bits per heavy atom. The molecule has 1 saturated heterocycles. The van der Waals surface area contributed by atoms with E-state index in [0.29, 0.717) is 13.1 Å². The molecule has 2 fully saturated rings. The van der Waals surface area contributed by atoms with Crippen molar-refractivity contribution in [1.82, 2.24) is 9.80 Å². The molecule has 6 nitrogen and oxygen atoms in total. The lowest BCUT2D eigenvalue weighted by Crippen LogP contribution is -2.47. The van der Waals surface area contributed by atoms with Crippen LogP contribution in [0, 0.1) is 0 Å². The minimum Gasteiger partial charge on any atom is -0.481 e. The average molecular weight is 256 g/mol. The third kappa shape index (κ3) is 2.93. The second kappa shape index (κ2) is 5.56. The topological polar surface area (TPSA) is 81.1 Å². The van der Waals surface area contributed by atoms with Gasteiger partial charge in [0.05, 0.1) is 13.0 Å². The highest BCUT2D eigenvalue weighted by Crippen LogP contribution is 2.30. The van der Waals surface area contributed by atoms with E-state index in [1.807, 2.05) is 0 Å². The van der Waals surface area contributed by atoms with Gasteiger partial charge in [-0.3, -0.25) is 4.79 Å². The van der Waals surface area contributed by atoms with Crippen molar-refractivity contribution >= 4 is 12.0 Å². The molecule has 0 aromatic carbocycles. The number of hydrogen-bond donors (Lipinski definition) is 2. The Morgan fingerprint density at radius 3 is 2.56 bits per heavy atom. The number of urea groups is 1. The van der Waals surface area contributed by atoms with E-state index in [1.54, 1.807) is 9.80 Å². The third-order valence-corrected chi connectivity index (χ3v) is 3.61. The van der Waals surface area contributed by atoms with Crippen molar-refractivity contribution in [3.8, 4) is 0 Å². The summed E-state index contributed by atoms with van der Waals surface area (Å²) in [6.07, 6.45) is 3.62. The van der Waals surface area contributed by atoms with Gasteiger partial charge < -0.3 is 20.0 Å². The number of aliphatic carboxylic acids is 1. The number of aliphatic hydroxyl groups excluding tert-OH is 1. The van der Waals surface area contributed by atoms with Crippen molar-refractivity contribution in [1.29, 1.82) is 0 Å². The molecule has 0 spiro atoms. The van der Waals surface area contributed by atoms with Gasteiger partial charge >= 0.3 is 12.0 Å². The Hall–Kier alpha value is -1.30. The number of likely N-dealkylation sites (tertiary alicyclic amines) is 1. The predicted molar refractivity (Wildman–Crippen MR) is 64.2 cm³/mol. The molecule has 0 bridgehead atoms. The predicted octanol–water partition coefficient (Wildman–Crippen LogP) is 0.502. The van der Waals surface area contributed by atoms with Gasteiger partial charge in [-0.1, -0.05) is 0 Å². The van der Waals surface area contributed by atoms with E-state index in [-0.39, 0.29) is 31.1 Å². The van der Waals surface area contributed by atoms with Crippen molar-refractivity contribution in [3.63, 3.8) is 0 Å². The molecule has 1 saturated carbocycles. The highest BCUT2D eigenvalue weighted by atomic mass is 16.4. The van der Waals surface area contributed by atoms with Crippen LogP contribution in [0.2, 0.25) is 0 Å². The first kappa shape index (κ1) is 13.1. The fraction of sp³-hybridized carbons (Fsp3) is 0.833. The van der Waals surface area contributed by atoms with Gasteiger partial charge in [-0.2, -0.15) is 0 Å². The fourth-order valence-corrected chi connectivity index (χ4v) is 2.59. The SMILES string of the molecule is O=C(O)CC1CCCN1C(=O)N(CCO)C1CC1. The maximum absolute atomic E-state index is 12.4. The first-order chi connectivity index (χ1) is 8.63. The lowest BCUT2D eigenvalue weighted by Gasteiger charge is -2.31. The summed E-state index contributed by atoms with van der Waals surface area (Å²) >= 11 is 0. The van der Waals surface area contributed by atoms with Gasteiger partial charge in [0.25, 0.3) is 0 Å². The number of rotatable bonds is 5. The first-order valence-corrected chi connectivity index (χ1v) is 6.53. The molecule has 2 N–H and O–H groups in total. The second-order valence-corrected chi connectivity index (χ2v) is 5.02. The van der Waals surface area contributed by atoms with E-state index in [1.165, 1.54) is 0 Å². The van der Waals surface area contributed by atoms with E-state index in [9.17, 15) is 9.59 Å². The third-order valence-electron chi connectivity index (χ3n) is 3.61. The summed E-state index contributed by atoms with van der Waals surface area (Å²) in [5, 5.41) is 17.9. The zero-order chi connectivity index (χ0) is 13.1. The molecule has 0 aromatic rings. The minimum atomic E-state index is -0.861. The van der Waals surface area contributed by atoms with E-state index in [4.69, 9.17) is 10.2 Å². The lowest BCUT2D eigenvalue weighted by atomic mass is 10.1. The molecule has 2 rings (SSSR count). The van der Waals surface area contributed by atoms with Crippen molar-refractivity contribution in [2.75, 3.05) is 19.7 Å². The van der Waals surface area contributed by atoms with Crippen LogP contribution in [0.3, 0.4) is 0 Å². The van der Waals surface area contributed by atoms with Crippen LogP contribution in [0.15, 0.2) is 0 Å². The van der Waals surface area contributed by atoms with Crippen molar-refractivity contribution in [2.24, 2.45) is 0 Å². The number of carboxylic acids is 1. The van der Waals surface area contributed by atoms with E-state index in [2.05, 4.69) is 0 Å². The van der Waals surface area contributed by atoms with Crippen LogP contribution < -0.4 is 0 Å². The standard InChI is InChI=1S/C12H20N2O4/c15-7-6-14(9-3-4-9)12(18)13-5-1-2-10(13)8-11(16)17/h9-10,15H,1-8H2,(H,16,17). The van der Waals surface area contributed by atoms with Crippen LogP contribution in [-0.2, 0) is 4.79 Å². The number of nitrogens with zero attached hydrogens (tertiary/aromatic N) is 2. The molecule has 1 unspecified atom stereocenters. The number of carbonyl (C=O) groups excluding carboxylic acids is 1. The van der Waals surface area contributed by atoms with Crippen molar-refractivity contribution in [3.05, 3.63) is 0 Å². The maximum atomic E-state index is 12.4. The van der Waals surface area contributed by atoms with Crippen LogP contribution in [0.4, 0.5) is 4.79 Å². The summed E-state index contributed by atoms with van der Waals surface area (Å²) in [6, 6.07) is -0.0408. The summed E-state index contributed by atoms with van der Waals surface area (Å²) in [7, 11) is 0. The normalized spacial score (nSPS) is 23.2. The molecule has 102 valence electrons. The van der Waals surface area contributed by atoms with Crippen molar-refractivity contribution < 1.29 is 19.8 Å². The molecule has 1 heterocycles. The molecule has 1 aliphatic carbocycles. The zero-order valence-electron chi connectivity index (χ0n) is 10.4. The quantitative estimate of drug-likeness (QED) is 0.750. The molecule has 6 heteroatoms. The molecule has 2 aliphatic rings. The Bertz CT molecular complexity index is 330. The van der Waals surface area contributed by atoms with Gasteiger partial charge in [0.1, 0.15) is 0 Å². The van der Waals surface area contributed by atoms with Gasteiger partial charge in [0.2, 0.25) is 0 Å². The highest BCUT2D eigenvalue weighted by Gasteiger charge is 2.38. The van der Waals surface area contributed by atoms with Gasteiger partial charge in [0.15, 0.2) is 0 Å². The largest absolute Gasteiger partial charge is 0.481 e. The Balaban J connectivity index is 1.99. The monoisotopic (exact) mass is 256 g/mol. The zero-order valence-corrected chi connectivity index (χ0v) is 10.4. The highest BCUT2D eigenvalue weighted by molar-refractivity contribution is 5.77. The molecule has 2 amide bonds. The van der Waals surface area contributed by atoms with Gasteiger partial charge in [-0.05, 0) is 25.7 Å². The minimum absolute atomic E-state index is 0.0172. The Kier molecular flexibility index (Phi) is 4.06. The van der Waals surface area contributed by atoms with Gasteiger partial charge in [0, 0.05) is 25.2 Å². The van der Waals surface area contributed by atoms with Crippen LogP contribution in [-0.4, -0.2) is 63.8 Å². The fourth-order valence-electron chi connectivity index (χ4n) is 2.59. The summed E-state index contributed by atoms with van der Waals surface area (Å²) in [6.45, 7) is 0.935. The van der Waals surface area contributed by atoms with Crippen LogP contribution >= 0.6 is 0 Å².